The van der Waals surface area contributed by atoms with Crippen molar-refractivity contribution in [1.29, 1.82) is 0 Å². The lowest BCUT2D eigenvalue weighted by molar-refractivity contribution is 0.0351. The van der Waals surface area contributed by atoms with Gasteiger partial charge in [0.2, 0.25) is 0 Å². The molecule has 130 valence electrons. The first-order valence-corrected chi connectivity index (χ1v) is 8.92. The van der Waals surface area contributed by atoms with Crippen molar-refractivity contribution in [2.75, 3.05) is 39.3 Å². The summed E-state index contributed by atoms with van der Waals surface area (Å²) in [5, 5.41) is 9.61. The van der Waals surface area contributed by atoms with Gasteiger partial charge >= 0.3 is 0 Å². The van der Waals surface area contributed by atoms with Crippen LogP contribution in [0.25, 0.3) is 0 Å². The predicted molar refractivity (Wildman–Crippen MR) is 95.1 cm³/mol. The molecule has 1 aliphatic heterocycles. The highest BCUT2D eigenvalue weighted by molar-refractivity contribution is 5.27. The Kier molecular flexibility index (Phi) is 7.34. The number of β-amino-alcohol motifs (C(OH)–C–C–N with tert-alkyl or cyclic N) is 1. The standard InChI is InChI=1S/C19H32N2O2/c1-4-18-15-20(10-11-21(18)14-17(3)22)9-6-12-23-19-8-5-7-16(2)13-19/h5,7-8,13,17-18,22H,4,6,9-12,14-15H2,1-3H3/t17-,18-/m0/s1. The fraction of sp³-hybridized carbons (Fsp3) is 0.684. The van der Waals surface area contributed by atoms with E-state index in [1.807, 2.05) is 19.1 Å². The lowest BCUT2D eigenvalue weighted by atomic mass is 10.1. The number of hydrogen-bond donors (Lipinski definition) is 1. The van der Waals surface area contributed by atoms with Crippen molar-refractivity contribution >= 4 is 0 Å². The van der Waals surface area contributed by atoms with E-state index in [0.717, 1.165) is 57.9 Å². The molecule has 0 radical (unpaired) electrons. The Morgan fingerprint density at radius 1 is 1.35 bits per heavy atom. The summed E-state index contributed by atoms with van der Waals surface area (Å²) in [5.74, 6) is 0.971. The van der Waals surface area contributed by atoms with E-state index in [1.165, 1.54) is 5.56 Å². The van der Waals surface area contributed by atoms with E-state index in [2.05, 4.69) is 35.8 Å². The largest absolute Gasteiger partial charge is 0.494 e. The third kappa shape index (κ3) is 6.13. The van der Waals surface area contributed by atoms with Crippen LogP contribution in [0.4, 0.5) is 0 Å². The molecular weight excluding hydrogens is 288 g/mol. The molecule has 2 atom stereocenters. The van der Waals surface area contributed by atoms with Gasteiger partial charge in [-0.3, -0.25) is 4.90 Å². The molecule has 0 unspecified atom stereocenters. The van der Waals surface area contributed by atoms with Crippen LogP contribution < -0.4 is 4.74 Å². The number of benzene rings is 1. The maximum absolute atomic E-state index is 9.61. The highest BCUT2D eigenvalue weighted by Gasteiger charge is 2.25. The van der Waals surface area contributed by atoms with Crippen molar-refractivity contribution in [3.05, 3.63) is 29.8 Å². The molecule has 4 nitrogen and oxygen atoms in total. The van der Waals surface area contributed by atoms with E-state index in [0.29, 0.717) is 6.04 Å². The normalized spacial score (nSPS) is 21.3. The summed E-state index contributed by atoms with van der Waals surface area (Å²) in [7, 11) is 0. The topological polar surface area (TPSA) is 35.9 Å². The molecule has 1 aliphatic rings. The molecule has 0 spiro atoms. The fourth-order valence-corrected chi connectivity index (χ4v) is 3.31. The molecule has 1 aromatic carbocycles. The average Bonchev–Trinajstić information content (AvgIpc) is 2.52. The number of rotatable bonds is 8. The number of aryl methyl sites for hydroxylation is 1. The molecular formula is C19H32N2O2. The second-order valence-electron chi connectivity index (χ2n) is 6.73. The van der Waals surface area contributed by atoms with Crippen LogP contribution in [0.5, 0.6) is 5.75 Å². The first-order chi connectivity index (χ1) is 11.1. The van der Waals surface area contributed by atoms with Crippen molar-refractivity contribution in [2.45, 2.75) is 45.8 Å². The van der Waals surface area contributed by atoms with E-state index >= 15 is 0 Å². The van der Waals surface area contributed by atoms with Crippen LogP contribution in [0.15, 0.2) is 24.3 Å². The first kappa shape index (κ1) is 18.2. The van der Waals surface area contributed by atoms with Gasteiger partial charge in [0.15, 0.2) is 0 Å². The molecule has 2 rings (SSSR count). The number of aliphatic hydroxyl groups is 1. The molecule has 0 bridgehead atoms. The minimum atomic E-state index is -0.238. The van der Waals surface area contributed by atoms with Crippen molar-refractivity contribution in [3.63, 3.8) is 0 Å². The second-order valence-corrected chi connectivity index (χ2v) is 6.73. The van der Waals surface area contributed by atoms with E-state index < -0.39 is 0 Å². The number of ether oxygens (including phenoxy) is 1. The lowest BCUT2D eigenvalue weighted by Gasteiger charge is -2.41. The molecule has 1 aromatic rings. The third-order valence-electron chi connectivity index (χ3n) is 4.54. The monoisotopic (exact) mass is 320 g/mol. The van der Waals surface area contributed by atoms with Crippen molar-refractivity contribution in [2.24, 2.45) is 0 Å². The zero-order valence-corrected chi connectivity index (χ0v) is 14.9. The van der Waals surface area contributed by atoms with Crippen LogP contribution >= 0.6 is 0 Å². The van der Waals surface area contributed by atoms with Gasteiger partial charge in [0.25, 0.3) is 0 Å². The summed E-state index contributed by atoms with van der Waals surface area (Å²) in [4.78, 5) is 4.97. The molecule has 23 heavy (non-hydrogen) atoms. The maximum Gasteiger partial charge on any atom is 0.119 e. The fourth-order valence-electron chi connectivity index (χ4n) is 3.31. The zero-order chi connectivity index (χ0) is 16.7. The predicted octanol–water partition coefficient (Wildman–Crippen LogP) is 2.54. The minimum absolute atomic E-state index is 0.238. The van der Waals surface area contributed by atoms with Gasteiger partial charge in [0.1, 0.15) is 5.75 Å². The van der Waals surface area contributed by atoms with Gasteiger partial charge in [-0.1, -0.05) is 19.1 Å². The van der Waals surface area contributed by atoms with Gasteiger partial charge in [0, 0.05) is 38.8 Å². The Bertz CT molecular complexity index is 464. The molecule has 0 aromatic heterocycles. The SMILES string of the molecule is CC[C@H]1CN(CCCOc2cccc(C)c2)CCN1C[C@H](C)O. The van der Waals surface area contributed by atoms with Gasteiger partial charge in [-0.25, -0.2) is 0 Å². The Morgan fingerprint density at radius 3 is 2.87 bits per heavy atom. The lowest BCUT2D eigenvalue weighted by Crippen LogP contribution is -2.54. The van der Waals surface area contributed by atoms with Gasteiger partial charge in [0.05, 0.1) is 12.7 Å². The highest BCUT2D eigenvalue weighted by atomic mass is 16.5. The summed E-state index contributed by atoms with van der Waals surface area (Å²) in [6.07, 6.45) is 1.96. The molecule has 1 N–H and O–H groups in total. The molecule has 1 heterocycles. The van der Waals surface area contributed by atoms with Gasteiger partial charge in [-0.05, 0) is 44.4 Å². The van der Waals surface area contributed by atoms with Gasteiger partial charge < -0.3 is 14.7 Å². The summed E-state index contributed by atoms with van der Waals surface area (Å²) >= 11 is 0. The summed E-state index contributed by atoms with van der Waals surface area (Å²) in [6, 6.07) is 8.80. The summed E-state index contributed by atoms with van der Waals surface area (Å²) in [6.45, 7) is 12.1. The van der Waals surface area contributed by atoms with E-state index in [9.17, 15) is 5.11 Å². The third-order valence-corrected chi connectivity index (χ3v) is 4.54. The van der Waals surface area contributed by atoms with Crippen LogP contribution in [0.3, 0.4) is 0 Å². The molecule has 1 saturated heterocycles. The zero-order valence-electron chi connectivity index (χ0n) is 14.9. The highest BCUT2D eigenvalue weighted by Crippen LogP contribution is 2.15. The Hall–Kier alpha value is -1.10. The maximum atomic E-state index is 9.61. The summed E-state index contributed by atoms with van der Waals surface area (Å²) < 4.78 is 5.83. The molecule has 0 amide bonds. The summed E-state index contributed by atoms with van der Waals surface area (Å²) in [5.41, 5.74) is 1.24. The van der Waals surface area contributed by atoms with E-state index in [4.69, 9.17) is 4.74 Å². The van der Waals surface area contributed by atoms with Crippen LogP contribution in [0.1, 0.15) is 32.3 Å². The number of aliphatic hydroxyl groups excluding tert-OH is 1. The van der Waals surface area contributed by atoms with Crippen LogP contribution in [-0.2, 0) is 0 Å². The smallest absolute Gasteiger partial charge is 0.119 e. The Morgan fingerprint density at radius 2 is 2.17 bits per heavy atom. The van der Waals surface area contributed by atoms with Crippen LogP contribution in [0.2, 0.25) is 0 Å². The van der Waals surface area contributed by atoms with Gasteiger partial charge in [-0.15, -0.1) is 0 Å². The molecule has 0 saturated carbocycles. The Labute approximate surface area is 141 Å². The molecule has 0 aliphatic carbocycles. The number of nitrogens with zero attached hydrogens (tertiary/aromatic N) is 2. The number of hydrogen-bond acceptors (Lipinski definition) is 4. The van der Waals surface area contributed by atoms with E-state index in [-0.39, 0.29) is 6.10 Å². The molecule has 1 fully saturated rings. The molecule has 4 heteroatoms. The van der Waals surface area contributed by atoms with Crippen LogP contribution in [-0.4, -0.2) is 66.4 Å². The van der Waals surface area contributed by atoms with Crippen LogP contribution in [0, 0.1) is 6.92 Å². The quantitative estimate of drug-likeness (QED) is 0.747. The second kappa shape index (κ2) is 9.26. The van der Waals surface area contributed by atoms with Crippen molar-refractivity contribution < 1.29 is 9.84 Å². The number of piperazine rings is 1. The first-order valence-electron chi connectivity index (χ1n) is 8.92. The van der Waals surface area contributed by atoms with Crippen molar-refractivity contribution in [3.8, 4) is 5.75 Å². The van der Waals surface area contributed by atoms with E-state index in [1.54, 1.807) is 0 Å². The Balaban J connectivity index is 1.68. The van der Waals surface area contributed by atoms with Crippen molar-refractivity contribution in [1.82, 2.24) is 9.80 Å². The minimum Gasteiger partial charge on any atom is -0.494 e. The average molecular weight is 320 g/mol. The van der Waals surface area contributed by atoms with Gasteiger partial charge in [-0.2, -0.15) is 0 Å².